The van der Waals surface area contributed by atoms with E-state index in [1.165, 1.54) is 44.8 Å². The van der Waals surface area contributed by atoms with Gasteiger partial charge in [0.15, 0.2) is 5.09 Å². The van der Waals surface area contributed by atoms with E-state index in [9.17, 15) is 4.79 Å². The summed E-state index contributed by atoms with van der Waals surface area (Å²) >= 11 is 1.44. The van der Waals surface area contributed by atoms with Crippen LogP contribution in [-0.4, -0.2) is 48.6 Å². The van der Waals surface area contributed by atoms with Gasteiger partial charge in [0.1, 0.15) is 0 Å². The van der Waals surface area contributed by atoms with Crippen LogP contribution in [0.15, 0.2) is 44.9 Å². The van der Waals surface area contributed by atoms with Gasteiger partial charge in [0, 0.05) is 23.0 Å². The molecule has 0 spiro atoms. The lowest BCUT2D eigenvalue weighted by atomic mass is 9.84. The van der Waals surface area contributed by atoms with Gasteiger partial charge in [-0.1, -0.05) is 11.8 Å². The van der Waals surface area contributed by atoms with Crippen LogP contribution in [0.2, 0.25) is 0 Å². The maximum absolute atomic E-state index is 12.5. The predicted molar refractivity (Wildman–Crippen MR) is 94.0 cm³/mol. The molecule has 4 heterocycles. The number of carbonyl (C=O) groups is 1. The predicted octanol–water partition coefficient (Wildman–Crippen LogP) is 2.66. The normalized spacial score (nSPS) is 24.9. The van der Waals surface area contributed by atoms with Crippen LogP contribution in [-0.2, 0) is 0 Å². The van der Waals surface area contributed by atoms with Gasteiger partial charge < -0.3 is 19.4 Å². The first-order valence-electron chi connectivity index (χ1n) is 8.52. The number of oxazole rings is 1. The third kappa shape index (κ3) is 3.67. The number of methoxy groups -OCH3 is 1. The molecule has 0 saturated carbocycles. The summed E-state index contributed by atoms with van der Waals surface area (Å²) in [5.74, 6) is 0.641. The maximum atomic E-state index is 12.5. The Labute approximate surface area is 150 Å². The highest BCUT2D eigenvalue weighted by Gasteiger charge is 2.34. The van der Waals surface area contributed by atoms with E-state index in [4.69, 9.17) is 9.15 Å². The molecule has 3 aliphatic heterocycles. The van der Waals surface area contributed by atoms with Gasteiger partial charge in [-0.2, -0.15) is 4.98 Å². The van der Waals surface area contributed by atoms with Gasteiger partial charge in [-0.25, -0.2) is 0 Å². The molecule has 6 nitrogen and oxygen atoms in total. The van der Waals surface area contributed by atoms with Crippen LogP contribution >= 0.6 is 11.8 Å². The minimum Gasteiger partial charge on any atom is -0.453 e. The highest BCUT2D eigenvalue weighted by atomic mass is 32.2. The van der Waals surface area contributed by atoms with Gasteiger partial charge in [0.05, 0.1) is 13.3 Å². The van der Waals surface area contributed by atoms with Crippen molar-refractivity contribution in [3.05, 3.63) is 36.0 Å². The second-order valence-corrected chi connectivity index (χ2v) is 7.57. The van der Waals surface area contributed by atoms with Gasteiger partial charge >= 0.3 is 6.08 Å². The van der Waals surface area contributed by atoms with Gasteiger partial charge in [-0.15, -0.1) is 0 Å². The maximum Gasteiger partial charge on any atom is 0.394 e. The second kappa shape index (κ2) is 7.09. The Kier molecular flexibility index (Phi) is 4.67. The van der Waals surface area contributed by atoms with Crippen molar-refractivity contribution in [2.75, 3.05) is 26.7 Å². The summed E-state index contributed by atoms with van der Waals surface area (Å²) in [4.78, 5) is 19.9. The first-order chi connectivity index (χ1) is 12.2. The Morgan fingerprint density at radius 1 is 1.32 bits per heavy atom. The number of nitrogens with zero attached hydrogens (tertiary/aromatic N) is 2. The highest BCUT2D eigenvalue weighted by molar-refractivity contribution is 7.99. The molecule has 0 unspecified atom stereocenters. The zero-order chi connectivity index (χ0) is 17.2. The molecule has 7 heteroatoms. The van der Waals surface area contributed by atoms with E-state index in [1.807, 2.05) is 24.3 Å². The van der Waals surface area contributed by atoms with Crippen LogP contribution in [0.4, 0.5) is 0 Å². The molecule has 3 aliphatic rings. The highest BCUT2D eigenvalue weighted by Crippen LogP contribution is 2.30. The van der Waals surface area contributed by atoms with Crippen LogP contribution < -0.4 is 10.1 Å². The molecule has 1 amide bonds. The molecule has 0 radical (unpaired) electrons. The summed E-state index contributed by atoms with van der Waals surface area (Å²) in [6.07, 6.45) is 4.26. The molecule has 1 N–H and O–H groups in total. The Balaban J connectivity index is 1.37. The number of aromatic nitrogens is 1. The topological polar surface area (TPSA) is 67.6 Å². The van der Waals surface area contributed by atoms with Crippen molar-refractivity contribution in [3.8, 4) is 6.08 Å². The summed E-state index contributed by atoms with van der Waals surface area (Å²) in [7, 11) is 1.52. The molecule has 3 fully saturated rings. The number of benzene rings is 1. The van der Waals surface area contributed by atoms with Crippen molar-refractivity contribution in [1.82, 2.24) is 15.2 Å². The lowest BCUT2D eigenvalue weighted by Gasteiger charge is -2.44. The van der Waals surface area contributed by atoms with E-state index < -0.39 is 0 Å². The van der Waals surface area contributed by atoms with Crippen molar-refractivity contribution in [2.45, 2.75) is 28.9 Å². The minimum absolute atomic E-state index is 0.0108. The SMILES string of the molecule is COc1ncc(Sc2ccc(C(=O)N[C@H]3CN4CCC3CC4)cc2)o1. The van der Waals surface area contributed by atoms with E-state index in [-0.39, 0.29) is 18.0 Å². The average Bonchev–Trinajstić information content (AvgIpc) is 3.11. The molecule has 1 aromatic carbocycles. The molecule has 1 atom stereocenters. The van der Waals surface area contributed by atoms with Crippen molar-refractivity contribution >= 4 is 17.7 Å². The van der Waals surface area contributed by atoms with Crippen LogP contribution in [0.1, 0.15) is 23.2 Å². The van der Waals surface area contributed by atoms with Gasteiger partial charge in [-0.3, -0.25) is 4.79 Å². The molecule has 25 heavy (non-hydrogen) atoms. The number of ether oxygens (including phenoxy) is 1. The van der Waals surface area contributed by atoms with E-state index in [2.05, 4.69) is 15.2 Å². The number of nitrogens with one attached hydrogen (secondary N) is 1. The second-order valence-electron chi connectivity index (χ2n) is 6.49. The van der Waals surface area contributed by atoms with E-state index in [1.54, 1.807) is 6.20 Å². The van der Waals surface area contributed by atoms with E-state index in [0.29, 0.717) is 16.6 Å². The van der Waals surface area contributed by atoms with Gasteiger partial charge in [0.2, 0.25) is 0 Å². The van der Waals surface area contributed by atoms with Crippen molar-refractivity contribution < 1.29 is 13.9 Å². The van der Waals surface area contributed by atoms with Gasteiger partial charge in [-0.05, 0) is 56.1 Å². The molecule has 132 valence electrons. The fourth-order valence-electron chi connectivity index (χ4n) is 3.56. The lowest BCUT2D eigenvalue weighted by Crippen LogP contribution is -2.57. The number of hydrogen-bond acceptors (Lipinski definition) is 6. The summed E-state index contributed by atoms with van der Waals surface area (Å²) < 4.78 is 10.3. The monoisotopic (exact) mass is 359 g/mol. The van der Waals surface area contributed by atoms with Crippen LogP contribution in [0, 0.1) is 5.92 Å². The molecular weight excluding hydrogens is 338 g/mol. The molecule has 3 saturated heterocycles. The number of piperidine rings is 3. The summed E-state index contributed by atoms with van der Waals surface area (Å²) in [6, 6.07) is 7.83. The number of fused-ring (bicyclic) bond motifs is 3. The molecule has 0 aliphatic carbocycles. The zero-order valence-corrected chi connectivity index (χ0v) is 14.9. The Morgan fingerprint density at radius 2 is 2.08 bits per heavy atom. The fourth-order valence-corrected chi connectivity index (χ4v) is 4.28. The van der Waals surface area contributed by atoms with Crippen molar-refractivity contribution in [3.63, 3.8) is 0 Å². The van der Waals surface area contributed by atoms with Crippen LogP contribution in [0.3, 0.4) is 0 Å². The Hall–Kier alpha value is -1.99. The van der Waals surface area contributed by atoms with Gasteiger partial charge in [0.25, 0.3) is 5.91 Å². The largest absolute Gasteiger partial charge is 0.453 e. The van der Waals surface area contributed by atoms with Crippen LogP contribution in [0.5, 0.6) is 6.08 Å². The molecular formula is C18H21N3O3S. The summed E-state index contributed by atoms with van der Waals surface area (Å²) in [6.45, 7) is 3.34. The number of amides is 1. The fraction of sp³-hybridized carbons (Fsp3) is 0.444. The van der Waals surface area contributed by atoms with Crippen molar-refractivity contribution in [1.29, 1.82) is 0 Å². The molecule has 2 bridgehead atoms. The summed E-state index contributed by atoms with van der Waals surface area (Å²) in [5, 5.41) is 3.87. The molecule has 2 aromatic rings. The third-order valence-corrected chi connectivity index (χ3v) is 5.84. The average molecular weight is 359 g/mol. The Morgan fingerprint density at radius 3 is 2.68 bits per heavy atom. The third-order valence-electron chi connectivity index (χ3n) is 4.95. The number of rotatable bonds is 5. The Bertz CT molecular complexity index is 738. The standard InChI is InChI=1S/C18H21N3O3S/c1-23-18-19-10-16(24-18)25-14-4-2-13(3-5-14)17(22)20-15-11-21-8-6-12(15)7-9-21/h2-5,10,12,15H,6-9,11H2,1H3,(H,20,22)/t15-/m0/s1. The van der Waals surface area contributed by atoms with Crippen LogP contribution in [0.25, 0.3) is 0 Å². The smallest absolute Gasteiger partial charge is 0.394 e. The molecule has 5 rings (SSSR count). The van der Waals surface area contributed by atoms with Crippen molar-refractivity contribution in [2.24, 2.45) is 5.92 Å². The summed E-state index contributed by atoms with van der Waals surface area (Å²) in [5.41, 5.74) is 0.691. The van der Waals surface area contributed by atoms with E-state index >= 15 is 0 Å². The zero-order valence-electron chi connectivity index (χ0n) is 14.1. The first kappa shape index (κ1) is 16.5. The number of hydrogen-bond donors (Lipinski definition) is 1. The first-order valence-corrected chi connectivity index (χ1v) is 9.34. The minimum atomic E-state index is 0.0108. The van der Waals surface area contributed by atoms with E-state index in [0.717, 1.165) is 11.4 Å². The number of carbonyl (C=O) groups excluding carboxylic acids is 1. The molecule has 1 aromatic heterocycles. The lowest BCUT2D eigenvalue weighted by molar-refractivity contribution is 0.0620. The quantitative estimate of drug-likeness (QED) is 0.885.